The summed E-state index contributed by atoms with van der Waals surface area (Å²) >= 11 is 3.30. The van der Waals surface area contributed by atoms with E-state index in [2.05, 4.69) is 47.1 Å². The Morgan fingerprint density at radius 1 is 1.11 bits per heavy atom. The molecule has 2 rings (SSSR count). The Kier molecular flexibility index (Phi) is 4.72. The lowest BCUT2D eigenvalue weighted by molar-refractivity contribution is 0.621. The predicted molar refractivity (Wildman–Crippen MR) is 80.6 cm³/mol. The molecule has 0 spiro atoms. The summed E-state index contributed by atoms with van der Waals surface area (Å²) < 4.78 is 14.1. The van der Waals surface area contributed by atoms with Crippen molar-refractivity contribution < 1.29 is 4.39 Å². The summed E-state index contributed by atoms with van der Waals surface area (Å²) in [5, 5.41) is 0. The monoisotopic (exact) mass is 321 g/mol. The van der Waals surface area contributed by atoms with Crippen molar-refractivity contribution in [3.05, 3.63) is 69.4 Å². The molecule has 0 bridgehead atoms. The maximum atomic E-state index is 13.3. The van der Waals surface area contributed by atoms with E-state index in [0.717, 1.165) is 22.0 Å². The summed E-state index contributed by atoms with van der Waals surface area (Å²) in [6, 6.07) is 13.1. The van der Waals surface area contributed by atoms with Crippen LogP contribution in [0.5, 0.6) is 0 Å². The van der Waals surface area contributed by atoms with E-state index >= 15 is 0 Å². The van der Waals surface area contributed by atoms with E-state index in [0.29, 0.717) is 6.42 Å². The van der Waals surface area contributed by atoms with Gasteiger partial charge in [0.15, 0.2) is 0 Å². The molecule has 19 heavy (non-hydrogen) atoms. The van der Waals surface area contributed by atoms with Crippen LogP contribution in [0, 0.1) is 5.82 Å². The van der Waals surface area contributed by atoms with E-state index < -0.39 is 0 Å². The van der Waals surface area contributed by atoms with Gasteiger partial charge in [-0.3, -0.25) is 0 Å². The second kappa shape index (κ2) is 6.31. The van der Waals surface area contributed by atoms with Gasteiger partial charge in [0.25, 0.3) is 0 Å². The minimum absolute atomic E-state index is 0.111. The van der Waals surface area contributed by atoms with Crippen LogP contribution in [-0.4, -0.2) is 0 Å². The Morgan fingerprint density at radius 3 is 2.37 bits per heavy atom. The van der Waals surface area contributed by atoms with Gasteiger partial charge in [-0.1, -0.05) is 47.1 Å². The van der Waals surface area contributed by atoms with Gasteiger partial charge in [0.05, 0.1) is 0 Å². The van der Waals surface area contributed by atoms with Gasteiger partial charge in [-0.15, -0.1) is 0 Å². The van der Waals surface area contributed by atoms with Gasteiger partial charge in [-0.05, 0) is 47.7 Å². The molecule has 0 fully saturated rings. The zero-order chi connectivity index (χ0) is 13.8. The third-order valence-corrected chi connectivity index (χ3v) is 3.65. The average Bonchev–Trinajstić information content (AvgIpc) is 2.37. The number of benzene rings is 2. The van der Waals surface area contributed by atoms with Crippen molar-refractivity contribution in [1.29, 1.82) is 0 Å². The van der Waals surface area contributed by atoms with Crippen LogP contribution < -0.4 is 5.73 Å². The maximum Gasteiger partial charge on any atom is 0.124 e. The first-order valence-corrected chi connectivity index (χ1v) is 7.17. The number of nitrogens with two attached hydrogens (primary N) is 1. The van der Waals surface area contributed by atoms with E-state index in [1.807, 2.05) is 6.07 Å². The third-order valence-electron chi connectivity index (χ3n) is 3.19. The fourth-order valence-corrected chi connectivity index (χ4v) is 2.61. The van der Waals surface area contributed by atoms with Crippen LogP contribution in [-0.2, 0) is 12.8 Å². The van der Waals surface area contributed by atoms with Crippen molar-refractivity contribution in [2.45, 2.75) is 25.8 Å². The second-order valence-corrected chi connectivity index (χ2v) is 5.60. The van der Waals surface area contributed by atoms with Crippen molar-refractivity contribution in [1.82, 2.24) is 0 Å². The molecular weight excluding hydrogens is 305 g/mol. The number of hydrogen-bond acceptors (Lipinski definition) is 1. The molecule has 2 N–H and O–H groups in total. The SMILES string of the molecule is CCc1ccc(C(N)Cc2cc(F)cc(Br)c2)cc1. The fraction of sp³-hybridized carbons (Fsp3) is 0.250. The first kappa shape index (κ1) is 14.2. The molecule has 1 nitrogen and oxygen atoms in total. The van der Waals surface area contributed by atoms with Gasteiger partial charge >= 0.3 is 0 Å². The molecule has 100 valence electrons. The smallest absolute Gasteiger partial charge is 0.124 e. The fourth-order valence-electron chi connectivity index (χ4n) is 2.10. The largest absolute Gasteiger partial charge is 0.324 e. The highest BCUT2D eigenvalue weighted by Gasteiger charge is 2.08. The highest BCUT2D eigenvalue weighted by atomic mass is 79.9. The summed E-state index contributed by atoms with van der Waals surface area (Å²) in [6.07, 6.45) is 1.65. The lowest BCUT2D eigenvalue weighted by Gasteiger charge is -2.13. The number of hydrogen-bond donors (Lipinski definition) is 1. The lowest BCUT2D eigenvalue weighted by atomic mass is 9.98. The van der Waals surface area contributed by atoms with Crippen molar-refractivity contribution >= 4 is 15.9 Å². The lowest BCUT2D eigenvalue weighted by Crippen LogP contribution is -2.13. The van der Waals surface area contributed by atoms with Gasteiger partial charge in [0, 0.05) is 10.5 Å². The number of rotatable bonds is 4. The quantitative estimate of drug-likeness (QED) is 0.887. The summed E-state index contributed by atoms with van der Waals surface area (Å²) in [7, 11) is 0. The van der Waals surface area contributed by atoms with Crippen LogP contribution in [0.25, 0.3) is 0 Å². The second-order valence-electron chi connectivity index (χ2n) is 4.68. The normalized spacial score (nSPS) is 12.4. The standard InChI is InChI=1S/C16H17BrFN/c1-2-11-3-5-13(6-4-11)16(19)9-12-7-14(17)10-15(18)8-12/h3-8,10,16H,2,9,19H2,1H3. The Bertz CT molecular complexity index is 531. The summed E-state index contributed by atoms with van der Waals surface area (Å²) in [6.45, 7) is 2.12. The molecule has 0 aliphatic rings. The highest BCUT2D eigenvalue weighted by Crippen LogP contribution is 2.21. The molecule has 0 radical (unpaired) electrons. The molecular formula is C16H17BrFN. The first-order chi connectivity index (χ1) is 9.08. The molecule has 2 aromatic carbocycles. The van der Waals surface area contributed by atoms with E-state index in [9.17, 15) is 4.39 Å². The number of halogens is 2. The summed E-state index contributed by atoms with van der Waals surface area (Å²) in [4.78, 5) is 0. The minimum atomic E-state index is -0.238. The van der Waals surface area contributed by atoms with Gasteiger partial charge in [-0.2, -0.15) is 0 Å². The molecule has 0 saturated carbocycles. The van der Waals surface area contributed by atoms with Gasteiger partial charge in [0.1, 0.15) is 5.82 Å². The molecule has 3 heteroatoms. The number of aryl methyl sites for hydroxylation is 1. The predicted octanol–water partition coefficient (Wildman–Crippen LogP) is 4.39. The molecule has 0 amide bonds. The van der Waals surface area contributed by atoms with Crippen molar-refractivity contribution in [3.8, 4) is 0 Å². The van der Waals surface area contributed by atoms with Crippen LogP contribution in [0.4, 0.5) is 4.39 Å². The Morgan fingerprint density at radius 2 is 1.79 bits per heavy atom. The van der Waals surface area contributed by atoms with Crippen LogP contribution in [0.15, 0.2) is 46.9 Å². The van der Waals surface area contributed by atoms with Crippen molar-refractivity contribution in [2.75, 3.05) is 0 Å². The topological polar surface area (TPSA) is 26.0 Å². The van der Waals surface area contributed by atoms with E-state index in [-0.39, 0.29) is 11.9 Å². The zero-order valence-corrected chi connectivity index (χ0v) is 12.5. The Hall–Kier alpha value is -1.19. The van der Waals surface area contributed by atoms with Gasteiger partial charge in [0.2, 0.25) is 0 Å². The average molecular weight is 322 g/mol. The molecule has 1 unspecified atom stereocenters. The van der Waals surface area contributed by atoms with E-state index in [4.69, 9.17) is 5.73 Å². The summed E-state index contributed by atoms with van der Waals surface area (Å²) in [5.74, 6) is -0.238. The zero-order valence-electron chi connectivity index (χ0n) is 10.9. The van der Waals surface area contributed by atoms with E-state index in [1.54, 1.807) is 0 Å². The molecule has 0 saturated heterocycles. The minimum Gasteiger partial charge on any atom is -0.324 e. The molecule has 0 aliphatic heterocycles. The first-order valence-electron chi connectivity index (χ1n) is 6.38. The molecule has 0 aliphatic carbocycles. The summed E-state index contributed by atoms with van der Waals surface area (Å²) in [5.41, 5.74) is 9.46. The third kappa shape index (κ3) is 3.88. The van der Waals surface area contributed by atoms with Crippen molar-refractivity contribution in [2.24, 2.45) is 5.73 Å². The molecule has 0 aromatic heterocycles. The Labute approximate surface area is 121 Å². The maximum absolute atomic E-state index is 13.3. The van der Waals surface area contributed by atoms with E-state index in [1.165, 1.54) is 17.7 Å². The molecule has 0 heterocycles. The van der Waals surface area contributed by atoms with Crippen LogP contribution in [0.1, 0.15) is 29.7 Å². The van der Waals surface area contributed by atoms with Crippen LogP contribution in [0.2, 0.25) is 0 Å². The molecule has 2 aromatic rings. The van der Waals surface area contributed by atoms with Crippen LogP contribution in [0.3, 0.4) is 0 Å². The highest BCUT2D eigenvalue weighted by molar-refractivity contribution is 9.10. The molecule has 1 atom stereocenters. The van der Waals surface area contributed by atoms with Gasteiger partial charge in [-0.25, -0.2) is 4.39 Å². The van der Waals surface area contributed by atoms with Crippen molar-refractivity contribution in [3.63, 3.8) is 0 Å². The Balaban J connectivity index is 2.13. The van der Waals surface area contributed by atoms with Crippen LogP contribution >= 0.6 is 15.9 Å². The van der Waals surface area contributed by atoms with Gasteiger partial charge < -0.3 is 5.73 Å².